The molecule has 0 atom stereocenters. The molecule has 0 aliphatic rings. The highest BCUT2D eigenvalue weighted by atomic mass is 35.5. The SMILES string of the molecule is CN(Cc1ncn[nH]1)S(=O)(=O)c1c(Cl)cc(N)cc1Cl. The van der Waals surface area contributed by atoms with Crippen LogP contribution in [0.25, 0.3) is 0 Å². The van der Waals surface area contributed by atoms with Gasteiger partial charge in [-0.3, -0.25) is 5.10 Å². The Bertz CT molecular complexity index is 694. The number of anilines is 1. The van der Waals surface area contributed by atoms with Gasteiger partial charge in [-0.1, -0.05) is 23.2 Å². The first-order chi connectivity index (χ1) is 9.32. The van der Waals surface area contributed by atoms with Gasteiger partial charge in [-0.25, -0.2) is 13.4 Å². The molecule has 0 amide bonds. The smallest absolute Gasteiger partial charge is 0.246 e. The number of sulfonamides is 1. The van der Waals surface area contributed by atoms with Crippen LogP contribution < -0.4 is 5.73 Å². The largest absolute Gasteiger partial charge is 0.399 e. The van der Waals surface area contributed by atoms with Crippen LogP contribution >= 0.6 is 23.2 Å². The summed E-state index contributed by atoms with van der Waals surface area (Å²) >= 11 is 11.9. The van der Waals surface area contributed by atoms with Crippen LogP contribution in [-0.4, -0.2) is 35.0 Å². The number of rotatable bonds is 4. The van der Waals surface area contributed by atoms with Gasteiger partial charge in [0, 0.05) is 12.7 Å². The minimum atomic E-state index is -3.87. The highest BCUT2D eigenvalue weighted by Crippen LogP contribution is 2.33. The Balaban J connectivity index is 2.40. The zero-order valence-corrected chi connectivity index (χ0v) is 12.7. The summed E-state index contributed by atoms with van der Waals surface area (Å²) in [4.78, 5) is 3.68. The van der Waals surface area contributed by atoms with Gasteiger partial charge in [0.2, 0.25) is 10.0 Å². The Hall–Kier alpha value is -1.35. The van der Waals surface area contributed by atoms with Crippen LogP contribution in [0.15, 0.2) is 23.4 Å². The number of aromatic nitrogens is 3. The van der Waals surface area contributed by atoms with Gasteiger partial charge in [0.25, 0.3) is 0 Å². The lowest BCUT2D eigenvalue weighted by Crippen LogP contribution is -2.27. The lowest BCUT2D eigenvalue weighted by Gasteiger charge is -2.18. The molecule has 2 rings (SSSR count). The summed E-state index contributed by atoms with van der Waals surface area (Å²) in [6.45, 7) is 0.0133. The van der Waals surface area contributed by atoms with E-state index >= 15 is 0 Å². The standard InChI is InChI=1S/C10H11Cl2N5O2S/c1-17(4-9-14-5-15-16-9)20(18,19)10-7(11)2-6(13)3-8(10)12/h2-3,5H,4,13H2,1H3,(H,14,15,16). The van der Waals surface area contributed by atoms with E-state index in [1.54, 1.807) is 0 Å². The van der Waals surface area contributed by atoms with Crippen molar-refractivity contribution in [3.8, 4) is 0 Å². The number of hydrogen-bond donors (Lipinski definition) is 2. The second-order valence-corrected chi connectivity index (χ2v) is 6.80. The van der Waals surface area contributed by atoms with E-state index in [1.165, 1.54) is 25.5 Å². The third-order valence-corrected chi connectivity index (χ3v) is 5.25. The Morgan fingerprint density at radius 2 is 1.95 bits per heavy atom. The number of H-pyrrole nitrogens is 1. The minimum absolute atomic E-state index is 0.0133. The molecule has 0 aliphatic heterocycles. The first-order valence-electron chi connectivity index (χ1n) is 5.37. The quantitative estimate of drug-likeness (QED) is 0.824. The molecule has 7 nitrogen and oxygen atoms in total. The molecule has 0 bridgehead atoms. The van der Waals surface area contributed by atoms with Gasteiger partial charge in [0.1, 0.15) is 17.0 Å². The van der Waals surface area contributed by atoms with Crippen LogP contribution in [0.5, 0.6) is 0 Å². The van der Waals surface area contributed by atoms with Crippen LogP contribution in [-0.2, 0) is 16.6 Å². The van der Waals surface area contributed by atoms with Crippen molar-refractivity contribution < 1.29 is 8.42 Å². The fraction of sp³-hybridized carbons (Fsp3) is 0.200. The van der Waals surface area contributed by atoms with E-state index < -0.39 is 10.0 Å². The molecule has 0 unspecified atom stereocenters. The van der Waals surface area contributed by atoms with Gasteiger partial charge in [-0.15, -0.1) is 0 Å². The number of halogens is 2. The van der Waals surface area contributed by atoms with Crippen LogP contribution in [0.4, 0.5) is 5.69 Å². The van der Waals surface area contributed by atoms with Crippen LogP contribution in [0, 0.1) is 0 Å². The van der Waals surface area contributed by atoms with Crippen LogP contribution in [0.2, 0.25) is 10.0 Å². The van der Waals surface area contributed by atoms with Crippen molar-refractivity contribution in [1.82, 2.24) is 19.5 Å². The van der Waals surface area contributed by atoms with Crippen molar-refractivity contribution in [1.29, 1.82) is 0 Å². The highest BCUT2D eigenvalue weighted by Gasteiger charge is 2.27. The molecular weight excluding hydrogens is 325 g/mol. The van der Waals surface area contributed by atoms with Crippen molar-refractivity contribution in [2.45, 2.75) is 11.4 Å². The average Bonchev–Trinajstić information content (AvgIpc) is 2.79. The molecule has 0 radical (unpaired) electrons. The summed E-state index contributed by atoms with van der Waals surface area (Å²) in [5, 5.41) is 6.17. The normalized spacial score (nSPS) is 12.0. The Morgan fingerprint density at radius 1 is 1.35 bits per heavy atom. The van der Waals surface area contributed by atoms with Crippen molar-refractivity contribution in [3.05, 3.63) is 34.3 Å². The second kappa shape index (κ2) is 5.57. The average molecular weight is 336 g/mol. The molecule has 1 aromatic heterocycles. The molecule has 0 fully saturated rings. The van der Waals surface area contributed by atoms with Gasteiger partial charge in [-0.2, -0.15) is 9.40 Å². The minimum Gasteiger partial charge on any atom is -0.399 e. The van der Waals surface area contributed by atoms with E-state index in [0.717, 1.165) is 4.31 Å². The summed E-state index contributed by atoms with van der Waals surface area (Å²) < 4.78 is 26.0. The molecule has 0 aliphatic carbocycles. The fourth-order valence-corrected chi connectivity index (χ4v) is 3.89. The molecule has 0 saturated heterocycles. The number of aromatic amines is 1. The van der Waals surface area contributed by atoms with E-state index in [-0.39, 0.29) is 27.2 Å². The zero-order chi connectivity index (χ0) is 14.9. The summed E-state index contributed by atoms with van der Waals surface area (Å²) in [6, 6.07) is 2.67. The monoisotopic (exact) mass is 335 g/mol. The Labute approximate surface area is 125 Å². The lowest BCUT2D eigenvalue weighted by atomic mass is 10.3. The zero-order valence-electron chi connectivity index (χ0n) is 10.3. The van der Waals surface area contributed by atoms with Gasteiger partial charge in [0.05, 0.1) is 16.6 Å². The molecule has 20 heavy (non-hydrogen) atoms. The summed E-state index contributed by atoms with van der Waals surface area (Å²) in [6.07, 6.45) is 1.29. The number of hydrogen-bond acceptors (Lipinski definition) is 5. The molecule has 0 saturated carbocycles. The maximum Gasteiger partial charge on any atom is 0.246 e. The maximum absolute atomic E-state index is 12.5. The predicted octanol–water partition coefficient (Wildman–Crippen LogP) is 1.51. The van der Waals surface area contributed by atoms with Crippen LogP contribution in [0.1, 0.15) is 5.82 Å². The first kappa shape index (κ1) is 15.0. The summed E-state index contributed by atoms with van der Waals surface area (Å²) in [7, 11) is -2.48. The molecule has 2 aromatic rings. The number of nitrogens with one attached hydrogen (secondary N) is 1. The molecule has 1 heterocycles. The molecule has 0 spiro atoms. The van der Waals surface area contributed by atoms with Crippen LogP contribution in [0.3, 0.4) is 0 Å². The number of benzene rings is 1. The van der Waals surface area contributed by atoms with E-state index in [2.05, 4.69) is 15.2 Å². The number of nitrogen functional groups attached to an aromatic ring is 1. The number of nitrogens with zero attached hydrogens (tertiary/aromatic N) is 3. The molecule has 108 valence electrons. The van der Waals surface area contributed by atoms with Gasteiger partial charge < -0.3 is 5.73 Å². The van der Waals surface area contributed by atoms with E-state index in [0.29, 0.717) is 5.82 Å². The topological polar surface area (TPSA) is 105 Å². The van der Waals surface area contributed by atoms with Gasteiger partial charge in [0.15, 0.2) is 0 Å². The summed E-state index contributed by atoms with van der Waals surface area (Å²) in [5.41, 5.74) is 5.85. The first-order valence-corrected chi connectivity index (χ1v) is 7.57. The molecular formula is C10H11Cl2N5O2S. The molecule has 1 aromatic carbocycles. The van der Waals surface area contributed by atoms with Crippen molar-refractivity contribution in [3.63, 3.8) is 0 Å². The summed E-state index contributed by atoms with van der Waals surface area (Å²) in [5.74, 6) is 0.402. The fourth-order valence-electron chi connectivity index (χ4n) is 1.58. The third kappa shape index (κ3) is 2.88. The van der Waals surface area contributed by atoms with Crippen molar-refractivity contribution in [2.24, 2.45) is 0 Å². The van der Waals surface area contributed by atoms with E-state index in [1.807, 2.05) is 0 Å². The maximum atomic E-state index is 12.5. The third-order valence-electron chi connectivity index (χ3n) is 2.53. The highest BCUT2D eigenvalue weighted by molar-refractivity contribution is 7.89. The number of nitrogens with two attached hydrogens (primary N) is 1. The van der Waals surface area contributed by atoms with Crippen molar-refractivity contribution in [2.75, 3.05) is 12.8 Å². The van der Waals surface area contributed by atoms with E-state index in [4.69, 9.17) is 28.9 Å². The van der Waals surface area contributed by atoms with Gasteiger partial charge in [-0.05, 0) is 12.1 Å². The van der Waals surface area contributed by atoms with Gasteiger partial charge >= 0.3 is 0 Å². The molecule has 10 heteroatoms. The van der Waals surface area contributed by atoms with Crippen molar-refractivity contribution >= 4 is 38.9 Å². The molecule has 3 N–H and O–H groups in total. The van der Waals surface area contributed by atoms with E-state index in [9.17, 15) is 8.42 Å². The predicted molar refractivity (Wildman–Crippen MR) is 75.9 cm³/mol. The Kier molecular flexibility index (Phi) is 4.19. The Morgan fingerprint density at radius 3 is 2.45 bits per heavy atom. The second-order valence-electron chi connectivity index (χ2n) is 4.01. The lowest BCUT2D eigenvalue weighted by molar-refractivity contribution is 0.457.